The van der Waals surface area contributed by atoms with E-state index in [-0.39, 0.29) is 24.9 Å². The van der Waals surface area contributed by atoms with Gasteiger partial charge in [0.15, 0.2) is 6.10 Å². The molecule has 0 aromatic heterocycles. The second-order valence-electron chi connectivity index (χ2n) is 7.56. The van der Waals surface area contributed by atoms with Crippen molar-refractivity contribution in [1.82, 2.24) is 4.90 Å². The molecule has 1 heterocycles. The summed E-state index contributed by atoms with van der Waals surface area (Å²) >= 11 is 0. The van der Waals surface area contributed by atoms with E-state index in [0.29, 0.717) is 18.0 Å². The summed E-state index contributed by atoms with van der Waals surface area (Å²) in [6, 6.07) is 16.5. The quantitative estimate of drug-likeness (QED) is 0.655. The van der Waals surface area contributed by atoms with Crippen LogP contribution in [-0.2, 0) is 19.1 Å². The van der Waals surface area contributed by atoms with Gasteiger partial charge < -0.3 is 19.7 Å². The highest BCUT2D eigenvalue weighted by Gasteiger charge is 2.38. The summed E-state index contributed by atoms with van der Waals surface area (Å²) in [6.45, 7) is 6.19. The van der Waals surface area contributed by atoms with E-state index in [2.05, 4.69) is 5.32 Å². The Morgan fingerprint density at radius 2 is 1.77 bits per heavy atom. The van der Waals surface area contributed by atoms with Gasteiger partial charge in [0.05, 0.1) is 18.6 Å². The summed E-state index contributed by atoms with van der Waals surface area (Å²) in [4.78, 5) is 39.1. The van der Waals surface area contributed by atoms with Crippen LogP contribution < -0.4 is 10.1 Å². The van der Waals surface area contributed by atoms with Gasteiger partial charge in [0.2, 0.25) is 5.91 Å². The van der Waals surface area contributed by atoms with E-state index in [1.54, 1.807) is 29.2 Å². The van der Waals surface area contributed by atoms with Crippen molar-refractivity contribution in [2.75, 3.05) is 18.5 Å². The monoisotopic (exact) mass is 424 g/mol. The summed E-state index contributed by atoms with van der Waals surface area (Å²) in [5.41, 5.74) is 1.59. The van der Waals surface area contributed by atoms with E-state index in [1.807, 2.05) is 44.2 Å². The minimum Gasteiger partial charge on any atom is -0.494 e. The number of rotatable bonds is 8. The molecule has 2 amide bonds. The third-order valence-electron chi connectivity index (χ3n) is 5.34. The Bertz CT molecular complexity index is 913. The average Bonchev–Trinajstić information content (AvgIpc) is 3.17. The molecule has 1 aliphatic rings. The molecule has 0 aliphatic carbocycles. The number of carbonyl (C=O) groups is 3. The highest BCUT2D eigenvalue weighted by atomic mass is 16.5. The lowest BCUT2D eigenvalue weighted by atomic mass is 10.1. The molecule has 0 saturated carbocycles. The number of esters is 1. The minimum absolute atomic E-state index is 0.0865. The number of nitrogens with zero attached hydrogens (tertiary/aromatic N) is 1. The molecular weight excluding hydrogens is 396 g/mol. The van der Waals surface area contributed by atoms with Crippen molar-refractivity contribution >= 4 is 23.5 Å². The van der Waals surface area contributed by atoms with Crippen LogP contribution in [-0.4, -0.2) is 41.9 Å². The molecule has 0 bridgehead atoms. The van der Waals surface area contributed by atoms with Crippen molar-refractivity contribution in [2.24, 2.45) is 5.92 Å². The third-order valence-corrected chi connectivity index (χ3v) is 5.34. The number of amides is 2. The molecule has 2 aromatic carbocycles. The molecule has 2 aromatic rings. The minimum atomic E-state index is -0.977. The molecule has 0 spiro atoms. The Balaban J connectivity index is 1.53. The summed E-state index contributed by atoms with van der Waals surface area (Å²) in [7, 11) is 0. The SMILES string of the molecule is CCOc1ccc(NC(=O)[C@H](C)OC(=O)[C@H]2CC(=O)N([C@@H](C)c3ccccc3)C2)cc1. The summed E-state index contributed by atoms with van der Waals surface area (Å²) in [5, 5.41) is 2.72. The zero-order chi connectivity index (χ0) is 22.4. The molecular formula is C24H28N2O5. The van der Waals surface area contributed by atoms with Gasteiger partial charge in [-0.25, -0.2) is 0 Å². The summed E-state index contributed by atoms with van der Waals surface area (Å²) in [6.07, 6.45) is -0.891. The normalized spacial score (nSPS) is 17.7. The molecule has 164 valence electrons. The predicted octanol–water partition coefficient (Wildman–Crippen LogP) is 3.57. The van der Waals surface area contributed by atoms with E-state index < -0.39 is 23.9 Å². The van der Waals surface area contributed by atoms with Crippen LogP contribution in [0.15, 0.2) is 54.6 Å². The maximum Gasteiger partial charge on any atom is 0.312 e. The average molecular weight is 424 g/mol. The van der Waals surface area contributed by atoms with Gasteiger partial charge in [0, 0.05) is 18.7 Å². The molecule has 3 atom stereocenters. The van der Waals surface area contributed by atoms with E-state index in [4.69, 9.17) is 9.47 Å². The molecule has 31 heavy (non-hydrogen) atoms. The van der Waals surface area contributed by atoms with Crippen LogP contribution in [0.3, 0.4) is 0 Å². The number of ether oxygens (including phenoxy) is 2. The van der Waals surface area contributed by atoms with Crippen molar-refractivity contribution < 1.29 is 23.9 Å². The van der Waals surface area contributed by atoms with Crippen LogP contribution in [0.2, 0.25) is 0 Å². The van der Waals surface area contributed by atoms with E-state index >= 15 is 0 Å². The van der Waals surface area contributed by atoms with Gasteiger partial charge in [0.1, 0.15) is 5.75 Å². The van der Waals surface area contributed by atoms with Gasteiger partial charge in [0.25, 0.3) is 5.91 Å². The maximum absolute atomic E-state index is 12.6. The smallest absolute Gasteiger partial charge is 0.312 e. The van der Waals surface area contributed by atoms with Crippen molar-refractivity contribution in [1.29, 1.82) is 0 Å². The first kappa shape index (κ1) is 22.3. The van der Waals surface area contributed by atoms with Gasteiger partial charge >= 0.3 is 5.97 Å². The van der Waals surface area contributed by atoms with Gasteiger partial charge in [-0.1, -0.05) is 30.3 Å². The lowest BCUT2D eigenvalue weighted by molar-refractivity contribution is -0.157. The van der Waals surface area contributed by atoms with Crippen molar-refractivity contribution in [2.45, 2.75) is 39.3 Å². The molecule has 0 radical (unpaired) electrons. The van der Waals surface area contributed by atoms with E-state index in [9.17, 15) is 14.4 Å². The van der Waals surface area contributed by atoms with Crippen LogP contribution in [0.4, 0.5) is 5.69 Å². The fourth-order valence-corrected chi connectivity index (χ4v) is 3.54. The van der Waals surface area contributed by atoms with Gasteiger partial charge in [-0.2, -0.15) is 0 Å². The zero-order valence-corrected chi connectivity index (χ0v) is 18.0. The third kappa shape index (κ3) is 5.63. The number of benzene rings is 2. The predicted molar refractivity (Wildman–Crippen MR) is 116 cm³/mol. The van der Waals surface area contributed by atoms with E-state index in [1.165, 1.54) is 6.92 Å². The Hall–Kier alpha value is -3.35. The van der Waals surface area contributed by atoms with Crippen molar-refractivity contribution in [3.05, 3.63) is 60.2 Å². The summed E-state index contributed by atoms with van der Waals surface area (Å²) < 4.78 is 10.7. The van der Waals surface area contributed by atoms with Gasteiger partial charge in [-0.05, 0) is 50.6 Å². The van der Waals surface area contributed by atoms with Gasteiger partial charge in [-0.15, -0.1) is 0 Å². The zero-order valence-electron chi connectivity index (χ0n) is 18.0. The Morgan fingerprint density at radius 3 is 2.42 bits per heavy atom. The standard InChI is InChI=1S/C24H28N2O5/c1-4-30-21-12-10-20(11-13-21)25-23(28)17(3)31-24(29)19-14-22(27)26(15-19)16(2)18-8-6-5-7-9-18/h5-13,16-17,19H,4,14-15H2,1-3H3,(H,25,28)/t16-,17-,19-/m0/s1. The lowest BCUT2D eigenvalue weighted by Gasteiger charge is -2.25. The molecule has 1 aliphatic heterocycles. The first-order valence-corrected chi connectivity index (χ1v) is 10.5. The van der Waals surface area contributed by atoms with Crippen LogP contribution in [0, 0.1) is 5.92 Å². The number of hydrogen-bond acceptors (Lipinski definition) is 5. The van der Waals surface area contributed by atoms with Crippen LogP contribution in [0.5, 0.6) is 5.75 Å². The van der Waals surface area contributed by atoms with Crippen molar-refractivity contribution in [3.8, 4) is 5.75 Å². The molecule has 7 nitrogen and oxygen atoms in total. The fraction of sp³-hybridized carbons (Fsp3) is 0.375. The summed E-state index contributed by atoms with van der Waals surface area (Å²) in [5.74, 6) is -0.939. The maximum atomic E-state index is 12.6. The molecule has 3 rings (SSSR count). The molecule has 1 N–H and O–H groups in total. The van der Waals surface area contributed by atoms with Crippen LogP contribution in [0.25, 0.3) is 0 Å². The lowest BCUT2D eigenvalue weighted by Crippen LogP contribution is -2.33. The van der Waals surface area contributed by atoms with Crippen LogP contribution >= 0.6 is 0 Å². The van der Waals surface area contributed by atoms with Gasteiger partial charge in [-0.3, -0.25) is 14.4 Å². The van der Waals surface area contributed by atoms with Crippen LogP contribution in [0.1, 0.15) is 38.8 Å². The Morgan fingerprint density at radius 1 is 1.10 bits per heavy atom. The molecule has 1 fully saturated rings. The first-order valence-electron chi connectivity index (χ1n) is 10.5. The number of nitrogens with one attached hydrogen (secondary N) is 1. The fourth-order valence-electron chi connectivity index (χ4n) is 3.54. The Kier molecular flexibility index (Phi) is 7.28. The van der Waals surface area contributed by atoms with Crippen molar-refractivity contribution in [3.63, 3.8) is 0 Å². The second-order valence-corrected chi connectivity index (χ2v) is 7.56. The second kappa shape index (κ2) is 10.1. The number of likely N-dealkylation sites (tertiary alicyclic amines) is 1. The Labute approximate surface area is 182 Å². The number of anilines is 1. The highest BCUT2D eigenvalue weighted by molar-refractivity contribution is 5.95. The first-order chi connectivity index (χ1) is 14.9. The molecule has 7 heteroatoms. The highest BCUT2D eigenvalue weighted by Crippen LogP contribution is 2.29. The topological polar surface area (TPSA) is 84.9 Å². The molecule has 1 saturated heterocycles. The number of hydrogen-bond donors (Lipinski definition) is 1. The number of carbonyl (C=O) groups excluding carboxylic acids is 3. The largest absolute Gasteiger partial charge is 0.494 e. The van der Waals surface area contributed by atoms with E-state index in [0.717, 1.165) is 5.56 Å². The molecule has 0 unspecified atom stereocenters.